The van der Waals surface area contributed by atoms with Gasteiger partial charge in [0.15, 0.2) is 0 Å². The topological polar surface area (TPSA) is 49.0 Å². The molecule has 0 aromatic carbocycles. The third kappa shape index (κ3) is 8.51. The average molecular weight is 247 g/mol. The molecule has 0 saturated carbocycles. The molecule has 1 atom stereocenters. The first kappa shape index (κ1) is 14.9. The quantitative estimate of drug-likeness (QED) is 0.537. The first-order chi connectivity index (χ1) is 8.43. The second kappa shape index (κ2) is 10.9. The first-order valence-corrected chi connectivity index (χ1v) is 6.39. The molecule has 1 aliphatic heterocycles. The van der Waals surface area contributed by atoms with Crippen LogP contribution in [0.25, 0.3) is 0 Å². The van der Waals surface area contributed by atoms with Crippen molar-refractivity contribution < 1.29 is 18.9 Å². The zero-order valence-electron chi connectivity index (χ0n) is 10.8. The Hall–Kier alpha value is -0.200. The molecular formula is C12H25NO4. The van der Waals surface area contributed by atoms with Gasteiger partial charge in [-0.3, -0.25) is 0 Å². The van der Waals surface area contributed by atoms with Crippen molar-refractivity contribution in [3.05, 3.63) is 0 Å². The van der Waals surface area contributed by atoms with Crippen molar-refractivity contribution in [2.45, 2.75) is 18.9 Å². The molecule has 1 heterocycles. The van der Waals surface area contributed by atoms with Crippen LogP contribution in [0.15, 0.2) is 0 Å². The van der Waals surface area contributed by atoms with Crippen molar-refractivity contribution in [2.24, 2.45) is 0 Å². The van der Waals surface area contributed by atoms with Crippen LogP contribution in [0.5, 0.6) is 0 Å². The molecule has 102 valence electrons. The van der Waals surface area contributed by atoms with Gasteiger partial charge in [-0.15, -0.1) is 0 Å². The van der Waals surface area contributed by atoms with Crippen molar-refractivity contribution in [2.75, 3.05) is 59.9 Å². The van der Waals surface area contributed by atoms with E-state index in [4.69, 9.17) is 18.9 Å². The standard InChI is InChI=1S/C12H25NO4/c1-14-5-6-15-7-8-16-9-10-17-11-12-3-2-4-13-12/h12-13H,2-11H2,1H3/t12-/m0/s1. The molecule has 0 amide bonds. The largest absolute Gasteiger partial charge is 0.382 e. The molecule has 0 radical (unpaired) electrons. The predicted molar refractivity (Wildman–Crippen MR) is 65.4 cm³/mol. The Morgan fingerprint density at radius 3 is 2.18 bits per heavy atom. The third-order valence-corrected chi connectivity index (χ3v) is 2.66. The fourth-order valence-electron chi connectivity index (χ4n) is 1.71. The van der Waals surface area contributed by atoms with Gasteiger partial charge in [0.2, 0.25) is 0 Å². The molecule has 5 nitrogen and oxygen atoms in total. The van der Waals surface area contributed by atoms with Gasteiger partial charge >= 0.3 is 0 Å². The van der Waals surface area contributed by atoms with E-state index in [0.29, 0.717) is 45.7 Å². The van der Waals surface area contributed by atoms with Gasteiger partial charge in [0.25, 0.3) is 0 Å². The molecule has 0 aliphatic carbocycles. The van der Waals surface area contributed by atoms with Gasteiger partial charge in [-0.1, -0.05) is 0 Å². The minimum atomic E-state index is 0.548. The van der Waals surface area contributed by atoms with Crippen LogP contribution in [0, 0.1) is 0 Å². The summed E-state index contributed by atoms with van der Waals surface area (Å²) in [7, 11) is 1.66. The third-order valence-electron chi connectivity index (χ3n) is 2.66. The molecule has 5 heteroatoms. The molecule has 0 spiro atoms. The zero-order valence-corrected chi connectivity index (χ0v) is 10.8. The lowest BCUT2D eigenvalue weighted by Gasteiger charge is -2.10. The summed E-state index contributed by atoms with van der Waals surface area (Å²) in [5, 5.41) is 3.39. The Morgan fingerprint density at radius 1 is 0.941 bits per heavy atom. The SMILES string of the molecule is COCCOCCOCCOC[C@@H]1CCCN1. The van der Waals surface area contributed by atoms with Crippen molar-refractivity contribution >= 4 is 0 Å². The summed E-state index contributed by atoms with van der Waals surface area (Å²) in [5.41, 5.74) is 0. The van der Waals surface area contributed by atoms with Crippen LogP contribution in [0.3, 0.4) is 0 Å². The Balaban J connectivity index is 1.69. The second-order valence-electron chi connectivity index (χ2n) is 4.09. The summed E-state index contributed by atoms with van der Waals surface area (Å²) in [6.45, 7) is 5.73. The molecule has 1 fully saturated rings. The van der Waals surface area contributed by atoms with Gasteiger partial charge < -0.3 is 24.3 Å². The molecule has 0 aromatic rings. The lowest BCUT2D eigenvalue weighted by Crippen LogP contribution is -2.27. The van der Waals surface area contributed by atoms with Gasteiger partial charge in [-0.25, -0.2) is 0 Å². The van der Waals surface area contributed by atoms with Crippen LogP contribution in [0.4, 0.5) is 0 Å². The minimum absolute atomic E-state index is 0.548. The van der Waals surface area contributed by atoms with Crippen LogP contribution >= 0.6 is 0 Å². The van der Waals surface area contributed by atoms with Crippen LogP contribution in [0.2, 0.25) is 0 Å². The fourth-order valence-corrected chi connectivity index (χ4v) is 1.71. The highest BCUT2D eigenvalue weighted by atomic mass is 16.6. The Bertz CT molecular complexity index is 163. The van der Waals surface area contributed by atoms with E-state index in [1.165, 1.54) is 12.8 Å². The van der Waals surface area contributed by atoms with E-state index in [2.05, 4.69) is 5.32 Å². The Labute approximate surface area is 104 Å². The highest BCUT2D eigenvalue weighted by Crippen LogP contribution is 2.04. The van der Waals surface area contributed by atoms with Crippen molar-refractivity contribution in [3.8, 4) is 0 Å². The molecule has 1 saturated heterocycles. The van der Waals surface area contributed by atoms with Gasteiger partial charge in [-0.2, -0.15) is 0 Å². The van der Waals surface area contributed by atoms with Crippen LogP contribution in [-0.2, 0) is 18.9 Å². The smallest absolute Gasteiger partial charge is 0.0701 e. The number of ether oxygens (including phenoxy) is 4. The summed E-state index contributed by atoms with van der Waals surface area (Å²) in [6.07, 6.45) is 2.50. The normalized spacial score (nSPS) is 19.9. The first-order valence-electron chi connectivity index (χ1n) is 6.39. The summed E-state index contributed by atoms with van der Waals surface area (Å²) >= 11 is 0. The summed E-state index contributed by atoms with van der Waals surface area (Å²) in [5.74, 6) is 0. The molecule has 1 aliphatic rings. The molecule has 1 rings (SSSR count). The van der Waals surface area contributed by atoms with Crippen LogP contribution in [0.1, 0.15) is 12.8 Å². The van der Waals surface area contributed by atoms with Crippen molar-refractivity contribution in [3.63, 3.8) is 0 Å². The van der Waals surface area contributed by atoms with Crippen LogP contribution in [-0.4, -0.2) is 65.9 Å². The molecule has 0 aromatic heterocycles. The highest BCUT2D eigenvalue weighted by molar-refractivity contribution is 4.73. The molecule has 0 bridgehead atoms. The fraction of sp³-hybridized carbons (Fsp3) is 1.00. The lowest BCUT2D eigenvalue weighted by molar-refractivity contribution is 0.00143. The van der Waals surface area contributed by atoms with Crippen molar-refractivity contribution in [1.29, 1.82) is 0 Å². The summed E-state index contributed by atoms with van der Waals surface area (Å²) in [4.78, 5) is 0. The number of methoxy groups -OCH3 is 1. The van der Waals surface area contributed by atoms with Crippen molar-refractivity contribution in [1.82, 2.24) is 5.32 Å². The number of rotatable bonds is 11. The molecule has 17 heavy (non-hydrogen) atoms. The highest BCUT2D eigenvalue weighted by Gasteiger charge is 2.13. The monoisotopic (exact) mass is 247 g/mol. The van der Waals surface area contributed by atoms with E-state index in [0.717, 1.165) is 13.2 Å². The molecular weight excluding hydrogens is 222 g/mol. The minimum Gasteiger partial charge on any atom is -0.382 e. The van der Waals surface area contributed by atoms with Crippen LogP contribution < -0.4 is 5.32 Å². The maximum atomic E-state index is 5.51. The van der Waals surface area contributed by atoms with E-state index in [-0.39, 0.29) is 0 Å². The predicted octanol–water partition coefficient (Wildman–Crippen LogP) is 0.435. The zero-order chi connectivity index (χ0) is 12.2. The summed E-state index contributed by atoms with van der Waals surface area (Å²) in [6, 6.07) is 0.548. The van der Waals surface area contributed by atoms with E-state index < -0.39 is 0 Å². The Kier molecular flexibility index (Phi) is 9.55. The van der Waals surface area contributed by atoms with Gasteiger partial charge in [-0.05, 0) is 19.4 Å². The van der Waals surface area contributed by atoms with E-state index in [1.54, 1.807) is 7.11 Å². The summed E-state index contributed by atoms with van der Waals surface area (Å²) < 4.78 is 21.0. The number of nitrogens with one attached hydrogen (secondary N) is 1. The van der Waals surface area contributed by atoms with Gasteiger partial charge in [0.1, 0.15) is 0 Å². The van der Waals surface area contributed by atoms with E-state index in [9.17, 15) is 0 Å². The van der Waals surface area contributed by atoms with E-state index >= 15 is 0 Å². The average Bonchev–Trinajstić information content (AvgIpc) is 2.85. The molecule has 1 N–H and O–H groups in total. The van der Waals surface area contributed by atoms with E-state index in [1.807, 2.05) is 0 Å². The van der Waals surface area contributed by atoms with Gasteiger partial charge in [0, 0.05) is 13.2 Å². The number of hydrogen-bond donors (Lipinski definition) is 1. The lowest BCUT2D eigenvalue weighted by atomic mass is 10.2. The molecule has 0 unspecified atom stereocenters. The number of hydrogen-bond acceptors (Lipinski definition) is 5. The maximum Gasteiger partial charge on any atom is 0.0701 e. The maximum absolute atomic E-state index is 5.51. The van der Waals surface area contributed by atoms with Gasteiger partial charge in [0.05, 0.1) is 46.2 Å². The Morgan fingerprint density at radius 2 is 1.59 bits per heavy atom. The second-order valence-corrected chi connectivity index (χ2v) is 4.09.